The van der Waals surface area contributed by atoms with Crippen LogP contribution >= 0.6 is 11.6 Å². The van der Waals surface area contributed by atoms with Gasteiger partial charge in [-0.15, -0.1) is 0 Å². The molecule has 2 rings (SSSR count). The Hall–Kier alpha value is -1.38. The maximum absolute atomic E-state index is 13.5. The number of benzene rings is 2. The molecule has 106 valence electrons. The molecule has 1 nitrogen and oxygen atoms in total. The van der Waals surface area contributed by atoms with Crippen molar-refractivity contribution < 1.29 is 4.39 Å². The van der Waals surface area contributed by atoms with Crippen molar-refractivity contribution in [3.63, 3.8) is 0 Å². The highest BCUT2D eigenvalue weighted by Gasteiger charge is 2.11. The van der Waals surface area contributed by atoms with Crippen LogP contribution in [0.3, 0.4) is 0 Å². The molecule has 20 heavy (non-hydrogen) atoms. The third-order valence-corrected chi connectivity index (χ3v) is 3.76. The maximum Gasteiger partial charge on any atom is 0.142 e. The van der Waals surface area contributed by atoms with Crippen molar-refractivity contribution >= 4 is 11.6 Å². The van der Waals surface area contributed by atoms with Crippen LogP contribution in [-0.4, -0.2) is 6.54 Å². The lowest BCUT2D eigenvalue weighted by atomic mass is 9.92. The summed E-state index contributed by atoms with van der Waals surface area (Å²) in [7, 11) is 0. The first-order valence-electron chi connectivity index (χ1n) is 6.78. The summed E-state index contributed by atoms with van der Waals surface area (Å²) in [6.07, 6.45) is 1.67. The molecule has 0 aliphatic rings. The standard InChI is InChI=1S/C17H19ClFN/c1-12-3-2-4-13(7-12)8-15(11-20)9-14-5-6-16(18)17(19)10-14/h2-7,10,15H,8-9,11,20H2,1H3. The Morgan fingerprint density at radius 3 is 2.40 bits per heavy atom. The minimum Gasteiger partial charge on any atom is -0.330 e. The van der Waals surface area contributed by atoms with Crippen LogP contribution in [0.5, 0.6) is 0 Å². The van der Waals surface area contributed by atoms with Gasteiger partial charge in [-0.3, -0.25) is 0 Å². The van der Waals surface area contributed by atoms with Crippen molar-refractivity contribution in [2.75, 3.05) is 6.54 Å². The van der Waals surface area contributed by atoms with Crippen LogP contribution in [0, 0.1) is 18.7 Å². The first kappa shape index (κ1) is 15.0. The van der Waals surface area contributed by atoms with Crippen molar-refractivity contribution in [3.8, 4) is 0 Å². The second-order valence-electron chi connectivity index (χ2n) is 5.25. The zero-order valence-electron chi connectivity index (χ0n) is 11.6. The van der Waals surface area contributed by atoms with E-state index in [1.165, 1.54) is 17.2 Å². The molecule has 0 aliphatic carbocycles. The van der Waals surface area contributed by atoms with Gasteiger partial charge >= 0.3 is 0 Å². The zero-order valence-corrected chi connectivity index (χ0v) is 12.3. The fraction of sp³-hybridized carbons (Fsp3) is 0.294. The fourth-order valence-electron chi connectivity index (χ4n) is 2.41. The fourth-order valence-corrected chi connectivity index (χ4v) is 2.53. The molecule has 2 aromatic rings. The summed E-state index contributed by atoms with van der Waals surface area (Å²) in [5.74, 6) is -0.0622. The third kappa shape index (κ3) is 4.06. The molecular weight excluding hydrogens is 273 g/mol. The van der Waals surface area contributed by atoms with Crippen molar-refractivity contribution in [2.45, 2.75) is 19.8 Å². The smallest absolute Gasteiger partial charge is 0.142 e. The van der Waals surface area contributed by atoms with Gasteiger partial charge in [-0.1, -0.05) is 47.5 Å². The molecule has 1 atom stereocenters. The topological polar surface area (TPSA) is 26.0 Å². The molecule has 0 aliphatic heterocycles. The molecule has 0 bridgehead atoms. The summed E-state index contributed by atoms with van der Waals surface area (Å²) in [6, 6.07) is 13.4. The van der Waals surface area contributed by atoms with E-state index in [0.717, 1.165) is 18.4 Å². The van der Waals surface area contributed by atoms with E-state index in [-0.39, 0.29) is 10.8 Å². The normalized spacial score (nSPS) is 12.4. The van der Waals surface area contributed by atoms with E-state index in [4.69, 9.17) is 17.3 Å². The number of hydrogen-bond donors (Lipinski definition) is 1. The average molecular weight is 292 g/mol. The number of hydrogen-bond acceptors (Lipinski definition) is 1. The van der Waals surface area contributed by atoms with Crippen molar-refractivity contribution in [3.05, 3.63) is 70.0 Å². The summed E-state index contributed by atoms with van der Waals surface area (Å²) in [6.45, 7) is 2.66. The monoisotopic (exact) mass is 291 g/mol. The predicted octanol–water partition coefficient (Wildman–Crippen LogP) is 4.15. The highest BCUT2D eigenvalue weighted by molar-refractivity contribution is 6.30. The second kappa shape index (κ2) is 6.87. The highest BCUT2D eigenvalue weighted by Crippen LogP contribution is 2.19. The van der Waals surface area contributed by atoms with Crippen LogP contribution in [-0.2, 0) is 12.8 Å². The van der Waals surface area contributed by atoms with Gasteiger partial charge in [0.2, 0.25) is 0 Å². The minimum absolute atomic E-state index is 0.164. The lowest BCUT2D eigenvalue weighted by Gasteiger charge is -2.15. The molecule has 0 spiro atoms. The first-order valence-corrected chi connectivity index (χ1v) is 7.16. The van der Waals surface area contributed by atoms with E-state index in [0.29, 0.717) is 12.5 Å². The van der Waals surface area contributed by atoms with Gasteiger partial charge in [0.25, 0.3) is 0 Å². The Labute approximate surface area is 124 Å². The van der Waals surface area contributed by atoms with Gasteiger partial charge in [0, 0.05) is 0 Å². The van der Waals surface area contributed by atoms with E-state index in [2.05, 4.69) is 31.2 Å². The largest absolute Gasteiger partial charge is 0.330 e. The molecule has 0 amide bonds. The molecule has 0 saturated heterocycles. The third-order valence-electron chi connectivity index (χ3n) is 3.45. The van der Waals surface area contributed by atoms with E-state index in [1.54, 1.807) is 6.07 Å². The van der Waals surface area contributed by atoms with Gasteiger partial charge in [-0.05, 0) is 55.5 Å². The van der Waals surface area contributed by atoms with Crippen molar-refractivity contribution in [1.29, 1.82) is 0 Å². The van der Waals surface area contributed by atoms with Gasteiger partial charge in [0.05, 0.1) is 5.02 Å². The molecular formula is C17H19ClFN. The zero-order chi connectivity index (χ0) is 14.5. The lowest BCUT2D eigenvalue weighted by molar-refractivity contribution is 0.530. The van der Waals surface area contributed by atoms with E-state index in [9.17, 15) is 4.39 Å². The second-order valence-corrected chi connectivity index (χ2v) is 5.65. The summed E-state index contributed by atoms with van der Waals surface area (Å²) >= 11 is 5.70. The minimum atomic E-state index is -0.365. The quantitative estimate of drug-likeness (QED) is 0.880. The van der Waals surface area contributed by atoms with Gasteiger partial charge in [0.15, 0.2) is 0 Å². The molecule has 0 aromatic heterocycles. The van der Waals surface area contributed by atoms with E-state index in [1.807, 2.05) is 6.07 Å². The summed E-state index contributed by atoms with van der Waals surface area (Å²) in [5.41, 5.74) is 9.31. The van der Waals surface area contributed by atoms with Gasteiger partial charge in [-0.2, -0.15) is 0 Å². The molecule has 1 unspecified atom stereocenters. The number of aryl methyl sites for hydroxylation is 1. The van der Waals surface area contributed by atoms with Crippen LogP contribution in [0.15, 0.2) is 42.5 Å². The Morgan fingerprint density at radius 1 is 1.10 bits per heavy atom. The Balaban J connectivity index is 2.07. The number of rotatable bonds is 5. The van der Waals surface area contributed by atoms with Gasteiger partial charge in [-0.25, -0.2) is 4.39 Å². The van der Waals surface area contributed by atoms with Gasteiger partial charge < -0.3 is 5.73 Å². The van der Waals surface area contributed by atoms with E-state index >= 15 is 0 Å². The molecule has 2 aromatic carbocycles. The average Bonchev–Trinajstić information content (AvgIpc) is 2.42. The number of halogens is 2. The Bertz CT molecular complexity index is 583. The Kier molecular flexibility index (Phi) is 5.16. The molecule has 2 N–H and O–H groups in total. The first-order chi connectivity index (χ1) is 9.58. The van der Waals surface area contributed by atoms with Crippen molar-refractivity contribution in [2.24, 2.45) is 11.7 Å². The van der Waals surface area contributed by atoms with Crippen molar-refractivity contribution in [1.82, 2.24) is 0 Å². The van der Waals surface area contributed by atoms with Crippen LogP contribution in [0.1, 0.15) is 16.7 Å². The molecule has 3 heteroatoms. The molecule has 0 heterocycles. The summed E-state index contributed by atoms with van der Waals surface area (Å²) in [4.78, 5) is 0. The molecule has 0 fully saturated rings. The number of nitrogens with two attached hydrogens (primary N) is 1. The lowest BCUT2D eigenvalue weighted by Crippen LogP contribution is -2.19. The van der Waals surface area contributed by atoms with Gasteiger partial charge in [0.1, 0.15) is 5.82 Å². The van der Waals surface area contributed by atoms with Crippen LogP contribution in [0.2, 0.25) is 5.02 Å². The Morgan fingerprint density at radius 2 is 1.80 bits per heavy atom. The summed E-state index contributed by atoms with van der Waals surface area (Å²) < 4.78 is 13.5. The van der Waals surface area contributed by atoms with Crippen LogP contribution in [0.25, 0.3) is 0 Å². The van der Waals surface area contributed by atoms with Crippen LogP contribution < -0.4 is 5.73 Å². The predicted molar refractivity (Wildman–Crippen MR) is 82.5 cm³/mol. The van der Waals surface area contributed by atoms with E-state index < -0.39 is 0 Å². The maximum atomic E-state index is 13.5. The summed E-state index contributed by atoms with van der Waals surface area (Å²) in [5, 5.41) is 0.164. The highest BCUT2D eigenvalue weighted by atomic mass is 35.5. The molecule has 0 saturated carbocycles. The SMILES string of the molecule is Cc1cccc(CC(CN)Cc2ccc(Cl)c(F)c2)c1. The molecule has 0 radical (unpaired) electrons. The van der Waals surface area contributed by atoms with Crippen LogP contribution in [0.4, 0.5) is 4.39 Å².